The van der Waals surface area contributed by atoms with Crippen LogP contribution in [-0.2, 0) is 0 Å². The minimum absolute atomic E-state index is 1.09. The van der Waals surface area contributed by atoms with E-state index in [1.807, 2.05) is 11.3 Å². The fraction of sp³-hybridized carbons (Fsp3) is 0. The van der Waals surface area contributed by atoms with E-state index >= 15 is 0 Å². The van der Waals surface area contributed by atoms with Crippen LogP contribution in [-0.4, -0.2) is 4.57 Å². The zero-order valence-electron chi connectivity index (χ0n) is 37.6. The van der Waals surface area contributed by atoms with Crippen LogP contribution in [0.3, 0.4) is 0 Å². The maximum absolute atomic E-state index is 2.40. The van der Waals surface area contributed by atoms with Gasteiger partial charge in [-0.05, 0) is 138 Å². The van der Waals surface area contributed by atoms with Crippen molar-refractivity contribution in [2.45, 2.75) is 0 Å². The molecule has 0 aliphatic heterocycles. The Morgan fingerprint density at radius 1 is 0.290 bits per heavy atom. The zero-order chi connectivity index (χ0) is 45.4. The van der Waals surface area contributed by atoms with Crippen molar-refractivity contribution in [3.05, 3.63) is 255 Å². The van der Waals surface area contributed by atoms with Gasteiger partial charge in [-0.1, -0.05) is 182 Å². The van der Waals surface area contributed by atoms with Gasteiger partial charge in [-0.25, -0.2) is 0 Å². The Kier molecular flexibility index (Phi) is 9.11. The summed E-state index contributed by atoms with van der Waals surface area (Å²) in [5.41, 5.74) is 14.0. The van der Waals surface area contributed by atoms with Crippen molar-refractivity contribution in [1.82, 2.24) is 4.57 Å². The summed E-state index contributed by atoms with van der Waals surface area (Å²) in [6.07, 6.45) is 0. The third-order valence-corrected chi connectivity index (χ3v) is 15.4. The Bertz CT molecular complexity index is 4260. The molecule has 2 nitrogen and oxygen atoms in total. The first-order valence-electron chi connectivity index (χ1n) is 23.6. The molecule has 322 valence electrons. The van der Waals surface area contributed by atoms with Gasteiger partial charge in [0.15, 0.2) is 0 Å². The normalized spacial score (nSPS) is 11.8. The predicted octanol–water partition coefficient (Wildman–Crippen LogP) is 19.1. The number of hydrogen-bond donors (Lipinski definition) is 0. The highest BCUT2D eigenvalue weighted by atomic mass is 32.1. The molecule has 69 heavy (non-hydrogen) atoms. The summed E-state index contributed by atoms with van der Waals surface area (Å²) < 4.78 is 5.05. The highest BCUT2D eigenvalue weighted by molar-refractivity contribution is 7.26. The second-order valence-electron chi connectivity index (χ2n) is 18.1. The fourth-order valence-electron chi connectivity index (χ4n) is 10.9. The molecule has 0 saturated carbocycles. The number of fused-ring (bicyclic) bond motifs is 11. The van der Waals surface area contributed by atoms with Gasteiger partial charge in [0.25, 0.3) is 0 Å². The molecule has 0 N–H and O–H groups in total. The smallest absolute Gasteiger partial charge is 0.0541 e. The van der Waals surface area contributed by atoms with Crippen molar-refractivity contribution in [3.8, 4) is 39.1 Å². The van der Waals surface area contributed by atoms with Crippen LogP contribution in [0.1, 0.15) is 0 Å². The van der Waals surface area contributed by atoms with Crippen LogP contribution in [0.25, 0.3) is 113 Å². The summed E-state index contributed by atoms with van der Waals surface area (Å²) in [5.74, 6) is 0. The van der Waals surface area contributed by atoms with Gasteiger partial charge in [0.05, 0.1) is 11.0 Å². The quantitative estimate of drug-likeness (QED) is 0.145. The van der Waals surface area contributed by atoms with Gasteiger partial charge in [0, 0.05) is 53.7 Å². The monoisotopic (exact) mass is 894 g/mol. The van der Waals surface area contributed by atoms with Crippen LogP contribution in [0.2, 0.25) is 0 Å². The first kappa shape index (κ1) is 39.4. The van der Waals surface area contributed by atoms with E-state index in [1.165, 1.54) is 102 Å². The molecule has 3 heteroatoms. The molecule has 0 atom stereocenters. The van der Waals surface area contributed by atoms with Crippen LogP contribution in [0.15, 0.2) is 255 Å². The molecular formula is C66H42N2S. The Morgan fingerprint density at radius 2 is 0.841 bits per heavy atom. The van der Waals surface area contributed by atoms with Crippen molar-refractivity contribution in [1.29, 1.82) is 0 Å². The van der Waals surface area contributed by atoms with E-state index in [1.54, 1.807) is 0 Å². The average Bonchev–Trinajstić information content (AvgIpc) is 3.97. The lowest BCUT2D eigenvalue weighted by atomic mass is 9.93. The van der Waals surface area contributed by atoms with Crippen molar-refractivity contribution in [3.63, 3.8) is 0 Å². The Morgan fingerprint density at radius 3 is 1.57 bits per heavy atom. The van der Waals surface area contributed by atoms with Gasteiger partial charge >= 0.3 is 0 Å². The number of rotatable bonds is 7. The number of nitrogens with zero attached hydrogens (tertiary/aromatic N) is 2. The fourth-order valence-corrected chi connectivity index (χ4v) is 12.1. The summed E-state index contributed by atoms with van der Waals surface area (Å²) in [6.45, 7) is 0. The SMILES string of the molecule is c1cc(-c2cc3ccccc3c3ccccc23)cc(N(c2ccc(-c3cccc(-n4c5ccccc5c5ccccc54)c3)cc2)c2ccc(-c3ccc4c(c3)sc3c5ccccc5ccc43)cc2)c1. The summed E-state index contributed by atoms with van der Waals surface area (Å²) in [7, 11) is 0. The largest absolute Gasteiger partial charge is 0.310 e. The number of benzene rings is 12. The zero-order valence-corrected chi connectivity index (χ0v) is 38.4. The van der Waals surface area contributed by atoms with Gasteiger partial charge < -0.3 is 9.47 Å². The first-order valence-corrected chi connectivity index (χ1v) is 24.5. The van der Waals surface area contributed by atoms with Crippen LogP contribution in [0.5, 0.6) is 0 Å². The molecule has 0 spiro atoms. The van der Waals surface area contributed by atoms with E-state index < -0.39 is 0 Å². The maximum atomic E-state index is 2.40. The summed E-state index contributed by atoms with van der Waals surface area (Å²) in [6, 6.07) is 93.7. The van der Waals surface area contributed by atoms with Gasteiger partial charge in [-0.15, -0.1) is 11.3 Å². The minimum atomic E-state index is 1.09. The van der Waals surface area contributed by atoms with Gasteiger partial charge in [-0.3, -0.25) is 0 Å². The maximum Gasteiger partial charge on any atom is 0.0541 e. The van der Waals surface area contributed by atoms with Crippen molar-refractivity contribution in [2.75, 3.05) is 4.90 Å². The lowest BCUT2D eigenvalue weighted by Gasteiger charge is -2.26. The van der Waals surface area contributed by atoms with E-state index in [2.05, 4.69) is 264 Å². The summed E-state index contributed by atoms with van der Waals surface area (Å²) in [5, 5.41) is 12.8. The van der Waals surface area contributed by atoms with E-state index in [0.29, 0.717) is 0 Å². The molecule has 0 aliphatic carbocycles. The number of thiophene rings is 1. The number of para-hydroxylation sites is 2. The lowest BCUT2D eigenvalue weighted by molar-refractivity contribution is 1.18. The molecule has 12 aromatic carbocycles. The third-order valence-electron chi connectivity index (χ3n) is 14.1. The first-order chi connectivity index (χ1) is 34.2. The van der Waals surface area contributed by atoms with E-state index in [4.69, 9.17) is 0 Å². The Hall–Kier alpha value is -8.76. The number of hydrogen-bond acceptors (Lipinski definition) is 2. The minimum Gasteiger partial charge on any atom is -0.310 e. The second-order valence-corrected chi connectivity index (χ2v) is 19.1. The molecule has 2 aromatic heterocycles. The molecular weight excluding hydrogens is 853 g/mol. The van der Waals surface area contributed by atoms with E-state index in [9.17, 15) is 0 Å². The highest BCUT2D eigenvalue weighted by Gasteiger charge is 2.18. The topological polar surface area (TPSA) is 8.17 Å². The molecule has 0 radical (unpaired) electrons. The molecule has 0 amide bonds. The van der Waals surface area contributed by atoms with Gasteiger partial charge in [0.2, 0.25) is 0 Å². The molecule has 14 aromatic rings. The predicted molar refractivity (Wildman–Crippen MR) is 297 cm³/mol. The summed E-state index contributed by atoms with van der Waals surface area (Å²) in [4.78, 5) is 2.40. The molecule has 0 unspecified atom stereocenters. The van der Waals surface area contributed by atoms with Gasteiger partial charge in [0.1, 0.15) is 0 Å². The molecule has 0 saturated heterocycles. The molecule has 0 bridgehead atoms. The molecule has 14 rings (SSSR count). The lowest BCUT2D eigenvalue weighted by Crippen LogP contribution is -2.10. The van der Waals surface area contributed by atoms with Crippen LogP contribution < -0.4 is 4.90 Å². The van der Waals surface area contributed by atoms with E-state index in [0.717, 1.165) is 28.3 Å². The van der Waals surface area contributed by atoms with Crippen molar-refractivity contribution in [2.24, 2.45) is 0 Å². The Labute approximate surface area is 403 Å². The Balaban J connectivity index is 0.869. The van der Waals surface area contributed by atoms with Gasteiger partial charge in [-0.2, -0.15) is 0 Å². The summed E-state index contributed by atoms with van der Waals surface area (Å²) >= 11 is 1.89. The highest BCUT2D eigenvalue weighted by Crippen LogP contribution is 2.43. The molecule has 2 heterocycles. The standard InChI is InChI=1S/C66H42N2S/c1-4-20-55-45(13-1)31-38-61-60-37-32-47(42-65(60)69-66(55)61)44-29-35-51(36-30-44)67(52-17-12-16-48(40-52)62-41-49-14-2-3-19-54(49)56-21-5-6-22-57(56)62)50-33-27-43(28-34-50)46-15-11-18-53(39-46)68-63-25-9-7-23-58(63)59-24-8-10-26-64(59)68/h1-42H. The van der Waals surface area contributed by atoms with Crippen molar-refractivity contribution < 1.29 is 0 Å². The number of aromatic nitrogens is 1. The van der Waals surface area contributed by atoms with Crippen molar-refractivity contribution >= 4 is 103 Å². The second kappa shape index (κ2) is 16.0. The van der Waals surface area contributed by atoms with Crippen LogP contribution >= 0.6 is 11.3 Å². The molecule has 0 aliphatic rings. The number of anilines is 3. The van der Waals surface area contributed by atoms with Crippen LogP contribution in [0.4, 0.5) is 17.1 Å². The van der Waals surface area contributed by atoms with E-state index in [-0.39, 0.29) is 0 Å². The van der Waals surface area contributed by atoms with Crippen LogP contribution in [0, 0.1) is 0 Å². The third kappa shape index (κ3) is 6.54. The average molecular weight is 895 g/mol. The molecule has 0 fully saturated rings.